The van der Waals surface area contributed by atoms with E-state index in [1.54, 1.807) is 19.9 Å². The van der Waals surface area contributed by atoms with Gasteiger partial charge in [-0.15, -0.1) is 6.58 Å². The molecule has 0 rings (SSSR count). The molecular weight excluding hydrogens is 168 g/mol. The monoisotopic (exact) mass is 186 g/mol. The van der Waals surface area contributed by atoms with E-state index in [1.165, 1.54) is 0 Å². The molecular formula is C9H18N2O2. The van der Waals surface area contributed by atoms with Crippen molar-refractivity contribution in [1.82, 2.24) is 10.6 Å². The third kappa shape index (κ3) is 6.31. The number of aliphatic hydroxyl groups excluding tert-OH is 1. The molecule has 4 heteroatoms. The lowest BCUT2D eigenvalue weighted by molar-refractivity contribution is -0.122. The molecule has 0 spiro atoms. The minimum atomic E-state index is -0.549. The molecule has 3 N–H and O–H groups in total. The summed E-state index contributed by atoms with van der Waals surface area (Å²) in [4.78, 5) is 11.2. The lowest BCUT2D eigenvalue weighted by atomic mass is 10.1. The fourth-order valence-electron chi connectivity index (χ4n) is 0.749. The van der Waals surface area contributed by atoms with Gasteiger partial charge in [0.1, 0.15) is 0 Å². The van der Waals surface area contributed by atoms with Crippen molar-refractivity contribution in [3.05, 3.63) is 12.7 Å². The fourth-order valence-corrected chi connectivity index (χ4v) is 0.749. The number of aliphatic hydroxyl groups is 1. The summed E-state index contributed by atoms with van der Waals surface area (Å²) < 4.78 is 0. The molecule has 0 saturated heterocycles. The molecule has 0 bridgehead atoms. The molecule has 0 fully saturated rings. The van der Waals surface area contributed by atoms with Crippen LogP contribution in [0.3, 0.4) is 0 Å². The predicted octanol–water partition coefficient (Wildman–Crippen LogP) is -0.351. The van der Waals surface area contributed by atoms with Crippen LogP contribution in [0.1, 0.15) is 13.8 Å². The third-order valence-corrected chi connectivity index (χ3v) is 1.45. The minimum Gasteiger partial charge on any atom is -0.394 e. The van der Waals surface area contributed by atoms with E-state index in [4.69, 9.17) is 5.11 Å². The molecule has 0 saturated carbocycles. The van der Waals surface area contributed by atoms with Gasteiger partial charge in [0.05, 0.1) is 18.7 Å². The SMILES string of the molecule is C=CCNCC(=O)NC(C)(C)CO. The number of hydrogen-bond acceptors (Lipinski definition) is 3. The Kier molecular flexibility index (Phi) is 5.34. The van der Waals surface area contributed by atoms with Crippen molar-refractivity contribution in [2.75, 3.05) is 19.7 Å². The van der Waals surface area contributed by atoms with E-state index in [0.717, 1.165) is 0 Å². The van der Waals surface area contributed by atoms with Crippen LogP contribution in [0.4, 0.5) is 0 Å². The van der Waals surface area contributed by atoms with E-state index in [0.29, 0.717) is 6.54 Å². The Balaban J connectivity index is 3.67. The molecule has 13 heavy (non-hydrogen) atoms. The highest BCUT2D eigenvalue weighted by Crippen LogP contribution is 1.98. The van der Waals surface area contributed by atoms with E-state index >= 15 is 0 Å². The van der Waals surface area contributed by atoms with Gasteiger partial charge in [-0.25, -0.2) is 0 Å². The lowest BCUT2D eigenvalue weighted by Crippen LogP contribution is -2.49. The van der Waals surface area contributed by atoms with Crippen molar-refractivity contribution in [3.8, 4) is 0 Å². The summed E-state index contributed by atoms with van der Waals surface area (Å²) in [5, 5.41) is 14.4. The normalized spacial score (nSPS) is 11.0. The average molecular weight is 186 g/mol. The molecule has 0 aromatic heterocycles. The molecule has 0 aliphatic carbocycles. The largest absolute Gasteiger partial charge is 0.394 e. The molecule has 0 heterocycles. The smallest absolute Gasteiger partial charge is 0.234 e. The Morgan fingerprint density at radius 1 is 1.62 bits per heavy atom. The van der Waals surface area contributed by atoms with Gasteiger partial charge in [0.2, 0.25) is 5.91 Å². The minimum absolute atomic E-state index is 0.0692. The maximum Gasteiger partial charge on any atom is 0.234 e. The predicted molar refractivity (Wildman–Crippen MR) is 52.4 cm³/mol. The molecule has 76 valence electrons. The average Bonchev–Trinajstić information content (AvgIpc) is 2.04. The Hall–Kier alpha value is -0.870. The first kappa shape index (κ1) is 12.1. The zero-order valence-corrected chi connectivity index (χ0v) is 8.26. The number of hydrogen-bond donors (Lipinski definition) is 3. The Morgan fingerprint density at radius 2 is 2.23 bits per heavy atom. The van der Waals surface area contributed by atoms with E-state index in [2.05, 4.69) is 17.2 Å². The second kappa shape index (κ2) is 5.72. The standard InChI is InChI=1S/C9H18N2O2/c1-4-5-10-6-8(13)11-9(2,3)7-12/h4,10,12H,1,5-7H2,2-3H3,(H,11,13). The first-order chi connectivity index (χ1) is 6.02. The summed E-state index contributed by atoms with van der Waals surface area (Å²) in [5.74, 6) is -0.124. The maximum absolute atomic E-state index is 11.2. The van der Waals surface area contributed by atoms with Gasteiger partial charge in [-0.1, -0.05) is 6.08 Å². The Bertz CT molecular complexity index is 178. The van der Waals surface area contributed by atoms with Crippen LogP contribution in [0.25, 0.3) is 0 Å². The summed E-state index contributed by atoms with van der Waals surface area (Å²) in [6.45, 7) is 7.82. The van der Waals surface area contributed by atoms with Crippen LogP contribution in [-0.4, -0.2) is 36.2 Å². The van der Waals surface area contributed by atoms with E-state index in [9.17, 15) is 4.79 Å². The van der Waals surface area contributed by atoms with Gasteiger partial charge in [-0.3, -0.25) is 4.79 Å². The van der Waals surface area contributed by atoms with E-state index < -0.39 is 5.54 Å². The molecule has 0 atom stereocenters. The van der Waals surface area contributed by atoms with Crippen molar-refractivity contribution in [2.24, 2.45) is 0 Å². The second-order valence-electron chi connectivity index (χ2n) is 3.51. The Labute approximate surface area is 79.0 Å². The van der Waals surface area contributed by atoms with E-state index in [-0.39, 0.29) is 19.1 Å². The van der Waals surface area contributed by atoms with Crippen LogP contribution in [-0.2, 0) is 4.79 Å². The number of rotatable bonds is 6. The summed E-state index contributed by atoms with van der Waals surface area (Å²) in [6.07, 6.45) is 1.68. The van der Waals surface area contributed by atoms with Crippen molar-refractivity contribution in [1.29, 1.82) is 0 Å². The molecule has 0 unspecified atom stereocenters. The van der Waals surface area contributed by atoms with Crippen LogP contribution in [0.15, 0.2) is 12.7 Å². The molecule has 0 aliphatic heterocycles. The van der Waals surface area contributed by atoms with Gasteiger partial charge >= 0.3 is 0 Å². The molecule has 4 nitrogen and oxygen atoms in total. The highest BCUT2D eigenvalue weighted by atomic mass is 16.3. The third-order valence-electron chi connectivity index (χ3n) is 1.45. The van der Waals surface area contributed by atoms with Crippen LogP contribution in [0.2, 0.25) is 0 Å². The molecule has 0 radical (unpaired) electrons. The van der Waals surface area contributed by atoms with Gasteiger partial charge in [0.25, 0.3) is 0 Å². The van der Waals surface area contributed by atoms with Crippen molar-refractivity contribution >= 4 is 5.91 Å². The summed E-state index contributed by atoms with van der Waals surface area (Å²) in [7, 11) is 0. The number of amides is 1. The van der Waals surface area contributed by atoms with Gasteiger partial charge in [-0.2, -0.15) is 0 Å². The first-order valence-electron chi connectivity index (χ1n) is 4.25. The number of nitrogens with one attached hydrogen (secondary N) is 2. The Morgan fingerprint density at radius 3 is 2.69 bits per heavy atom. The topological polar surface area (TPSA) is 61.4 Å². The van der Waals surface area contributed by atoms with Crippen molar-refractivity contribution < 1.29 is 9.90 Å². The summed E-state index contributed by atoms with van der Waals surface area (Å²) in [6, 6.07) is 0. The first-order valence-corrected chi connectivity index (χ1v) is 4.25. The van der Waals surface area contributed by atoms with Crippen molar-refractivity contribution in [2.45, 2.75) is 19.4 Å². The van der Waals surface area contributed by atoms with Gasteiger partial charge in [0, 0.05) is 6.54 Å². The highest BCUT2D eigenvalue weighted by Gasteiger charge is 2.18. The highest BCUT2D eigenvalue weighted by molar-refractivity contribution is 5.78. The van der Waals surface area contributed by atoms with Crippen LogP contribution in [0.5, 0.6) is 0 Å². The summed E-state index contributed by atoms with van der Waals surface area (Å²) in [5.41, 5.74) is -0.549. The molecule has 0 aromatic carbocycles. The van der Waals surface area contributed by atoms with Crippen molar-refractivity contribution in [3.63, 3.8) is 0 Å². The van der Waals surface area contributed by atoms with Gasteiger partial charge < -0.3 is 15.7 Å². The second-order valence-corrected chi connectivity index (χ2v) is 3.51. The van der Waals surface area contributed by atoms with E-state index in [1.807, 2.05) is 0 Å². The van der Waals surface area contributed by atoms with Gasteiger partial charge in [0.15, 0.2) is 0 Å². The number of carbonyl (C=O) groups is 1. The fraction of sp³-hybridized carbons (Fsp3) is 0.667. The summed E-state index contributed by atoms with van der Waals surface area (Å²) >= 11 is 0. The van der Waals surface area contributed by atoms with Gasteiger partial charge in [-0.05, 0) is 13.8 Å². The molecule has 1 amide bonds. The molecule has 0 aliphatic rings. The number of carbonyl (C=O) groups excluding carboxylic acids is 1. The zero-order valence-electron chi connectivity index (χ0n) is 8.26. The maximum atomic E-state index is 11.2. The van der Waals surface area contributed by atoms with Crippen LogP contribution in [0, 0.1) is 0 Å². The lowest BCUT2D eigenvalue weighted by Gasteiger charge is -2.23. The zero-order chi connectivity index (χ0) is 10.3. The van der Waals surface area contributed by atoms with Crippen LogP contribution >= 0.6 is 0 Å². The van der Waals surface area contributed by atoms with Crippen LogP contribution < -0.4 is 10.6 Å². The quantitative estimate of drug-likeness (QED) is 0.392. The molecule has 0 aromatic rings.